The van der Waals surface area contributed by atoms with Gasteiger partial charge in [0.1, 0.15) is 0 Å². The van der Waals surface area contributed by atoms with Gasteiger partial charge in [0.05, 0.1) is 16.7 Å². The predicted octanol–water partition coefficient (Wildman–Crippen LogP) is 3.09. The van der Waals surface area contributed by atoms with Gasteiger partial charge in [-0.15, -0.1) is 0 Å². The minimum atomic E-state index is -0.0331. The summed E-state index contributed by atoms with van der Waals surface area (Å²) in [4.78, 5) is 12.3. The normalized spacial score (nSPS) is 11.0. The van der Waals surface area contributed by atoms with Crippen LogP contribution in [-0.4, -0.2) is 9.13 Å². The van der Waals surface area contributed by atoms with Crippen molar-refractivity contribution in [2.45, 2.75) is 0 Å². The van der Waals surface area contributed by atoms with Crippen LogP contribution in [0.4, 0.5) is 0 Å². The third kappa shape index (κ3) is 1.61. The van der Waals surface area contributed by atoms with E-state index in [1.54, 1.807) is 16.2 Å². The maximum Gasteiger partial charge on any atom is 0.333 e. The lowest BCUT2D eigenvalue weighted by Gasteiger charge is -2.02. The molecule has 0 unspecified atom stereocenters. The van der Waals surface area contributed by atoms with Crippen molar-refractivity contribution in [2.75, 3.05) is 0 Å². The van der Waals surface area contributed by atoms with E-state index in [4.69, 9.17) is 0 Å². The van der Waals surface area contributed by atoms with Crippen LogP contribution in [0.2, 0.25) is 0 Å². The van der Waals surface area contributed by atoms with Crippen LogP contribution in [0.25, 0.3) is 16.7 Å². The average Bonchev–Trinajstić information content (AvgIpc) is 2.64. The van der Waals surface area contributed by atoms with Crippen molar-refractivity contribution in [3.05, 3.63) is 63.5 Å². The molecule has 90 valence electrons. The van der Waals surface area contributed by atoms with E-state index in [0.29, 0.717) is 0 Å². The van der Waals surface area contributed by atoms with Gasteiger partial charge in [0.2, 0.25) is 0 Å². The number of aromatic nitrogens is 2. The Labute approximate surface area is 112 Å². The number of aryl methyl sites for hydroxylation is 1. The third-order valence-electron chi connectivity index (χ3n) is 3.03. The monoisotopic (exact) mass is 302 g/mol. The lowest BCUT2D eigenvalue weighted by Crippen LogP contribution is -2.20. The van der Waals surface area contributed by atoms with Crippen LogP contribution < -0.4 is 5.69 Å². The van der Waals surface area contributed by atoms with E-state index < -0.39 is 0 Å². The molecule has 0 spiro atoms. The topological polar surface area (TPSA) is 26.9 Å². The van der Waals surface area contributed by atoms with E-state index in [1.165, 1.54) is 0 Å². The average molecular weight is 303 g/mol. The minimum Gasteiger partial charge on any atom is -0.295 e. The van der Waals surface area contributed by atoms with Gasteiger partial charge in [-0.2, -0.15) is 0 Å². The second kappa shape index (κ2) is 4.14. The number of hydrogen-bond acceptors (Lipinski definition) is 1. The number of para-hydroxylation sites is 1. The van der Waals surface area contributed by atoms with Crippen LogP contribution in [0.5, 0.6) is 0 Å². The molecule has 0 saturated carbocycles. The van der Waals surface area contributed by atoms with Gasteiger partial charge in [-0.1, -0.05) is 34.1 Å². The Morgan fingerprint density at radius 1 is 1.00 bits per heavy atom. The second-order valence-electron chi connectivity index (χ2n) is 4.15. The van der Waals surface area contributed by atoms with E-state index in [2.05, 4.69) is 15.9 Å². The number of hydrogen-bond donors (Lipinski definition) is 0. The van der Waals surface area contributed by atoms with Crippen molar-refractivity contribution < 1.29 is 0 Å². The Kier molecular flexibility index (Phi) is 2.59. The van der Waals surface area contributed by atoms with Crippen LogP contribution in [-0.2, 0) is 7.05 Å². The molecular weight excluding hydrogens is 292 g/mol. The standard InChI is InChI=1S/C14H11BrN2O/c1-16-13-9-10(15)7-8-12(13)17(14(16)18)11-5-3-2-4-6-11/h2-9H,1H3. The van der Waals surface area contributed by atoms with Crippen molar-refractivity contribution in [1.82, 2.24) is 9.13 Å². The summed E-state index contributed by atoms with van der Waals surface area (Å²) in [7, 11) is 1.79. The van der Waals surface area contributed by atoms with Crippen LogP contribution in [0.1, 0.15) is 0 Å². The van der Waals surface area contributed by atoms with Crippen LogP contribution in [0.3, 0.4) is 0 Å². The molecule has 0 aliphatic heterocycles. The maximum atomic E-state index is 12.3. The number of imidazole rings is 1. The number of benzene rings is 2. The van der Waals surface area contributed by atoms with E-state index in [-0.39, 0.29) is 5.69 Å². The summed E-state index contributed by atoms with van der Waals surface area (Å²) in [6.07, 6.45) is 0. The minimum absolute atomic E-state index is 0.0331. The summed E-state index contributed by atoms with van der Waals surface area (Å²) in [5.74, 6) is 0. The summed E-state index contributed by atoms with van der Waals surface area (Å²) < 4.78 is 4.35. The quantitative estimate of drug-likeness (QED) is 0.678. The SMILES string of the molecule is Cn1c(=O)n(-c2ccccc2)c2ccc(Br)cc21. The number of rotatable bonds is 1. The van der Waals surface area contributed by atoms with Gasteiger partial charge in [0.15, 0.2) is 0 Å². The Balaban J connectivity index is 2.44. The van der Waals surface area contributed by atoms with Gasteiger partial charge in [0, 0.05) is 11.5 Å². The molecule has 3 aromatic rings. The van der Waals surface area contributed by atoms with Gasteiger partial charge >= 0.3 is 5.69 Å². The van der Waals surface area contributed by atoms with Crippen LogP contribution >= 0.6 is 15.9 Å². The molecule has 0 aliphatic rings. The van der Waals surface area contributed by atoms with E-state index in [0.717, 1.165) is 21.2 Å². The Morgan fingerprint density at radius 3 is 2.44 bits per heavy atom. The summed E-state index contributed by atoms with van der Waals surface area (Å²) in [5.41, 5.74) is 2.68. The first-order valence-corrected chi connectivity index (χ1v) is 6.40. The summed E-state index contributed by atoms with van der Waals surface area (Å²) in [6, 6.07) is 15.5. The second-order valence-corrected chi connectivity index (χ2v) is 5.06. The van der Waals surface area contributed by atoms with Crippen molar-refractivity contribution in [1.29, 1.82) is 0 Å². The number of nitrogens with zero attached hydrogens (tertiary/aromatic N) is 2. The van der Waals surface area contributed by atoms with Crippen LogP contribution in [0.15, 0.2) is 57.8 Å². The molecule has 0 radical (unpaired) electrons. The zero-order chi connectivity index (χ0) is 12.7. The molecule has 0 amide bonds. The van der Waals surface area contributed by atoms with Crippen molar-refractivity contribution >= 4 is 27.0 Å². The zero-order valence-corrected chi connectivity index (χ0v) is 11.4. The highest BCUT2D eigenvalue weighted by atomic mass is 79.9. The van der Waals surface area contributed by atoms with Crippen molar-refractivity contribution in [3.63, 3.8) is 0 Å². The molecule has 1 heterocycles. The molecule has 0 saturated heterocycles. The summed E-state index contributed by atoms with van der Waals surface area (Å²) in [5, 5.41) is 0. The molecule has 0 bridgehead atoms. The Hall–Kier alpha value is -1.81. The molecule has 1 aromatic heterocycles. The smallest absolute Gasteiger partial charge is 0.295 e. The van der Waals surface area contributed by atoms with Gasteiger partial charge in [-0.25, -0.2) is 4.79 Å². The fourth-order valence-electron chi connectivity index (χ4n) is 2.14. The lowest BCUT2D eigenvalue weighted by atomic mass is 10.3. The number of halogens is 1. The molecule has 4 heteroatoms. The van der Waals surface area contributed by atoms with Crippen molar-refractivity contribution in [2.24, 2.45) is 7.05 Å². The van der Waals surface area contributed by atoms with E-state index >= 15 is 0 Å². The van der Waals surface area contributed by atoms with Gasteiger partial charge in [-0.3, -0.25) is 9.13 Å². The van der Waals surface area contributed by atoms with E-state index in [1.807, 2.05) is 48.5 Å². The maximum absolute atomic E-state index is 12.3. The van der Waals surface area contributed by atoms with E-state index in [9.17, 15) is 4.79 Å². The first kappa shape index (κ1) is 11.3. The molecule has 18 heavy (non-hydrogen) atoms. The van der Waals surface area contributed by atoms with Crippen molar-refractivity contribution in [3.8, 4) is 5.69 Å². The summed E-state index contributed by atoms with van der Waals surface area (Å²) in [6.45, 7) is 0. The highest BCUT2D eigenvalue weighted by molar-refractivity contribution is 9.10. The fraction of sp³-hybridized carbons (Fsp3) is 0.0714. The number of fused-ring (bicyclic) bond motifs is 1. The third-order valence-corrected chi connectivity index (χ3v) is 3.53. The van der Waals surface area contributed by atoms with Gasteiger partial charge in [0.25, 0.3) is 0 Å². The fourth-order valence-corrected chi connectivity index (χ4v) is 2.49. The van der Waals surface area contributed by atoms with Gasteiger partial charge in [-0.05, 0) is 30.3 Å². The zero-order valence-electron chi connectivity index (χ0n) is 9.80. The summed E-state index contributed by atoms with van der Waals surface area (Å²) >= 11 is 3.43. The first-order chi connectivity index (χ1) is 8.68. The molecule has 2 aromatic carbocycles. The molecule has 0 aliphatic carbocycles. The lowest BCUT2D eigenvalue weighted by molar-refractivity contribution is 0.846. The van der Waals surface area contributed by atoms with Crippen LogP contribution in [0, 0.1) is 0 Å². The predicted molar refractivity (Wildman–Crippen MR) is 76.2 cm³/mol. The molecule has 0 atom stereocenters. The molecule has 0 fully saturated rings. The highest BCUT2D eigenvalue weighted by Gasteiger charge is 2.11. The van der Waals surface area contributed by atoms with Gasteiger partial charge < -0.3 is 0 Å². The Morgan fingerprint density at radius 2 is 1.72 bits per heavy atom. The molecule has 3 nitrogen and oxygen atoms in total. The largest absolute Gasteiger partial charge is 0.333 e. The highest BCUT2D eigenvalue weighted by Crippen LogP contribution is 2.21. The first-order valence-electron chi connectivity index (χ1n) is 5.61. The molecular formula is C14H11BrN2O. The molecule has 0 N–H and O–H groups in total. The molecule has 3 rings (SSSR count). The Bertz CT molecular complexity index is 772.